The summed E-state index contributed by atoms with van der Waals surface area (Å²) in [6.45, 7) is 1.85. The first kappa shape index (κ1) is 29.9. The number of H-pyrrole nitrogens is 1. The summed E-state index contributed by atoms with van der Waals surface area (Å²) in [7, 11) is 0. The SMILES string of the molecule is O=C(c1ccc(-c2cccc(O)c2)c(COc2ccc(-c3nc4cc(-c5nn[nH]n5)ccc4n3C3CCCCC3)cc2)c1)N1CCCC1. The minimum absolute atomic E-state index is 0.0471. The molecule has 1 amide bonds. The van der Waals surface area contributed by atoms with E-state index in [1.807, 2.05) is 59.5 Å². The monoisotopic (exact) mass is 639 g/mol. The molecular formula is C38H37N7O3. The number of aromatic nitrogens is 6. The fraction of sp³-hybridized carbons (Fsp3) is 0.289. The Morgan fingerprint density at radius 3 is 2.44 bits per heavy atom. The van der Waals surface area contributed by atoms with Crippen LogP contribution in [-0.2, 0) is 6.61 Å². The Labute approximate surface area is 278 Å². The molecule has 2 N–H and O–H groups in total. The van der Waals surface area contributed by atoms with Crippen LogP contribution in [-0.4, -0.2) is 59.2 Å². The molecule has 2 aromatic heterocycles. The quantitative estimate of drug-likeness (QED) is 0.176. The Kier molecular flexibility index (Phi) is 8.05. The van der Waals surface area contributed by atoms with Crippen molar-refractivity contribution >= 4 is 16.9 Å². The summed E-state index contributed by atoms with van der Waals surface area (Å²) in [6, 6.07) is 27.6. The Balaban J connectivity index is 1.09. The molecule has 1 aliphatic heterocycles. The number of fused-ring (bicyclic) bond motifs is 1. The van der Waals surface area contributed by atoms with E-state index in [0.29, 0.717) is 17.4 Å². The highest BCUT2D eigenvalue weighted by molar-refractivity contribution is 5.95. The second kappa shape index (κ2) is 12.9. The van der Waals surface area contributed by atoms with E-state index in [4.69, 9.17) is 9.72 Å². The number of likely N-dealkylation sites (tertiary alicyclic amines) is 1. The lowest BCUT2D eigenvalue weighted by molar-refractivity contribution is 0.0792. The summed E-state index contributed by atoms with van der Waals surface area (Å²) in [4.78, 5) is 20.3. The number of hydrogen-bond acceptors (Lipinski definition) is 7. The van der Waals surface area contributed by atoms with E-state index in [-0.39, 0.29) is 18.3 Å². The lowest BCUT2D eigenvalue weighted by Gasteiger charge is -2.25. The Morgan fingerprint density at radius 1 is 0.854 bits per heavy atom. The van der Waals surface area contributed by atoms with Gasteiger partial charge in [0.2, 0.25) is 5.82 Å². The number of phenolic OH excluding ortho intramolecular Hbond substituents is 1. The van der Waals surface area contributed by atoms with Gasteiger partial charge in [-0.25, -0.2) is 4.98 Å². The van der Waals surface area contributed by atoms with E-state index in [0.717, 1.165) is 89.2 Å². The molecule has 2 aliphatic rings. The second-order valence-electron chi connectivity index (χ2n) is 12.8. The van der Waals surface area contributed by atoms with Crippen molar-refractivity contribution in [3.63, 3.8) is 0 Å². The van der Waals surface area contributed by atoms with Crippen molar-refractivity contribution in [2.24, 2.45) is 0 Å². The fourth-order valence-corrected chi connectivity index (χ4v) is 7.20. The molecule has 3 heterocycles. The number of nitrogens with one attached hydrogen (secondary N) is 1. The van der Waals surface area contributed by atoms with Gasteiger partial charge in [-0.15, -0.1) is 10.2 Å². The van der Waals surface area contributed by atoms with Gasteiger partial charge in [0.05, 0.1) is 11.0 Å². The van der Waals surface area contributed by atoms with Crippen molar-refractivity contribution in [1.82, 2.24) is 35.1 Å². The van der Waals surface area contributed by atoms with Gasteiger partial charge in [0.15, 0.2) is 0 Å². The number of aromatic amines is 1. The molecular weight excluding hydrogens is 602 g/mol. The molecule has 2 fully saturated rings. The van der Waals surface area contributed by atoms with Crippen LogP contribution in [0.3, 0.4) is 0 Å². The van der Waals surface area contributed by atoms with E-state index in [9.17, 15) is 9.90 Å². The lowest BCUT2D eigenvalue weighted by Crippen LogP contribution is -2.27. The Morgan fingerprint density at radius 2 is 1.67 bits per heavy atom. The summed E-state index contributed by atoms with van der Waals surface area (Å²) in [6.07, 6.45) is 8.05. The van der Waals surface area contributed by atoms with Crippen LogP contribution in [0.2, 0.25) is 0 Å². The van der Waals surface area contributed by atoms with Crippen LogP contribution in [0.15, 0.2) is 84.9 Å². The number of hydrogen-bond donors (Lipinski definition) is 2. The first-order valence-corrected chi connectivity index (χ1v) is 16.8. The van der Waals surface area contributed by atoms with Crippen LogP contribution in [0.25, 0.3) is 44.9 Å². The van der Waals surface area contributed by atoms with Crippen molar-refractivity contribution in [2.75, 3.05) is 13.1 Å². The van der Waals surface area contributed by atoms with Gasteiger partial charge < -0.3 is 19.3 Å². The number of carbonyl (C=O) groups excluding carboxylic acids is 1. The fourth-order valence-electron chi connectivity index (χ4n) is 7.20. The summed E-state index contributed by atoms with van der Waals surface area (Å²) in [5.41, 5.74) is 7.22. The van der Waals surface area contributed by atoms with Crippen LogP contribution in [0.1, 0.15) is 66.9 Å². The van der Waals surface area contributed by atoms with Crippen LogP contribution in [0.5, 0.6) is 11.5 Å². The zero-order chi connectivity index (χ0) is 32.5. The van der Waals surface area contributed by atoms with Crippen molar-refractivity contribution < 1.29 is 14.6 Å². The van der Waals surface area contributed by atoms with Gasteiger partial charge in [0, 0.05) is 35.8 Å². The number of rotatable bonds is 8. The molecule has 0 atom stereocenters. The maximum Gasteiger partial charge on any atom is 0.253 e. The molecule has 6 aromatic rings. The average Bonchev–Trinajstić information content (AvgIpc) is 3.93. The number of aromatic hydroxyl groups is 1. The standard InChI is InChI=1S/C38H37N7O3/c46-31-10-6-7-26(22-31)33-17-13-28(38(47)44-19-4-5-20-44)21-29(33)24-48-32-15-11-25(12-16-32)37-39-34-23-27(36-40-42-43-41-36)14-18-35(34)45(37)30-8-2-1-3-9-30/h6-7,10-18,21-23,30,46H,1-5,8-9,19-20,24H2,(H,40,41,42,43). The van der Waals surface area contributed by atoms with Crippen molar-refractivity contribution in [3.8, 4) is 45.4 Å². The normalized spacial score (nSPS) is 15.3. The smallest absolute Gasteiger partial charge is 0.253 e. The highest BCUT2D eigenvalue weighted by Crippen LogP contribution is 2.37. The molecule has 10 heteroatoms. The molecule has 0 radical (unpaired) electrons. The highest BCUT2D eigenvalue weighted by Gasteiger charge is 2.24. The largest absolute Gasteiger partial charge is 0.508 e. The minimum atomic E-state index is 0.0471. The summed E-state index contributed by atoms with van der Waals surface area (Å²) >= 11 is 0. The van der Waals surface area contributed by atoms with Crippen LogP contribution in [0.4, 0.5) is 0 Å². The van der Waals surface area contributed by atoms with Gasteiger partial charge in [0.25, 0.3) is 5.91 Å². The van der Waals surface area contributed by atoms with Crippen molar-refractivity contribution in [3.05, 3.63) is 96.1 Å². The van der Waals surface area contributed by atoms with Crippen molar-refractivity contribution in [2.45, 2.75) is 57.6 Å². The van der Waals surface area contributed by atoms with Gasteiger partial charge in [0.1, 0.15) is 23.9 Å². The van der Waals surface area contributed by atoms with Crippen LogP contribution >= 0.6 is 0 Å². The van der Waals surface area contributed by atoms with Gasteiger partial charge in [-0.05, 0) is 114 Å². The van der Waals surface area contributed by atoms with Gasteiger partial charge in [-0.2, -0.15) is 5.21 Å². The molecule has 8 rings (SSSR count). The van der Waals surface area contributed by atoms with E-state index < -0.39 is 0 Å². The third-order valence-corrected chi connectivity index (χ3v) is 9.64. The Bertz CT molecular complexity index is 2060. The average molecular weight is 640 g/mol. The lowest BCUT2D eigenvalue weighted by atomic mass is 9.95. The molecule has 48 heavy (non-hydrogen) atoms. The maximum atomic E-state index is 13.3. The molecule has 4 aromatic carbocycles. The van der Waals surface area contributed by atoms with Crippen molar-refractivity contribution in [1.29, 1.82) is 0 Å². The molecule has 0 unspecified atom stereocenters. The van der Waals surface area contributed by atoms with E-state index in [1.165, 1.54) is 19.3 Å². The van der Waals surface area contributed by atoms with Gasteiger partial charge in [-0.1, -0.05) is 37.5 Å². The summed E-state index contributed by atoms with van der Waals surface area (Å²) in [5, 5.41) is 24.7. The predicted octanol–water partition coefficient (Wildman–Crippen LogP) is 7.58. The maximum absolute atomic E-state index is 13.3. The number of ether oxygens (including phenoxy) is 1. The van der Waals surface area contributed by atoms with Crippen LogP contribution in [0, 0.1) is 0 Å². The third-order valence-electron chi connectivity index (χ3n) is 9.64. The molecule has 0 bridgehead atoms. The number of carbonyl (C=O) groups is 1. The molecule has 1 aliphatic carbocycles. The number of benzene rings is 4. The molecule has 1 saturated heterocycles. The number of phenols is 1. The first-order chi connectivity index (χ1) is 23.6. The zero-order valence-electron chi connectivity index (χ0n) is 26.7. The number of amides is 1. The zero-order valence-corrected chi connectivity index (χ0v) is 26.7. The first-order valence-electron chi connectivity index (χ1n) is 16.8. The van der Waals surface area contributed by atoms with E-state index in [2.05, 4.69) is 43.4 Å². The molecule has 10 nitrogen and oxygen atoms in total. The number of tetrazole rings is 1. The molecule has 1 saturated carbocycles. The van der Waals surface area contributed by atoms with Gasteiger partial charge >= 0.3 is 0 Å². The van der Waals surface area contributed by atoms with E-state index >= 15 is 0 Å². The second-order valence-corrected chi connectivity index (χ2v) is 12.8. The predicted molar refractivity (Wildman–Crippen MR) is 183 cm³/mol. The summed E-state index contributed by atoms with van der Waals surface area (Å²) in [5.74, 6) is 2.44. The van der Waals surface area contributed by atoms with Crippen LogP contribution < -0.4 is 4.74 Å². The summed E-state index contributed by atoms with van der Waals surface area (Å²) < 4.78 is 8.77. The third kappa shape index (κ3) is 5.90. The Hall–Kier alpha value is -5.51. The number of nitrogens with zero attached hydrogens (tertiary/aromatic N) is 6. The van der Waals surface area contributed by atoms with E-state index in [1.54, 1.807) is 12.1 Å². The minimum Gasteiger partial charge on any atom is -0.508 e. The molecule has 0 spiro atoms. The van der Waals surface area contributed by atoms with Gasteiger partial charge in [-0.3, -0.25) is 4.79 Å². The highest BCUT2D eigenvalue weighted by atomic mass is 16.5. The number of imidazole rings is 1. The topological polar surface area (TPSA) is 122 Å². The molecule has 242 valence electrons.